The van der Waals surface area contributed by atoms with Crippen molar-refractivity contribution in [3.63, 3.8) is 0 Å². The highest BCUT2D eigenvalue weighted by Gasteiger charge is 2.15. The van der Waals surface area contributed by atoms with Gasteiger partial charge in [0.1, 0.15) is 17.7 Å². The number of benzene rings is 2. The Morgan fingerprint density at radius 2 is 2.00 bits per heavy atom. The van der Waals surface area contributed by atoms with Crippen LogP contribution in [0.15, 0.2) is 42.5 Å². The minimum absolute atomic E-state index is 0.273. The van der Waals surface area contributed by atoms with E-state index in [-0.39, 0.29) is 5.56 Å². The zero-order chi connectivity index (χ0) is 13.1. The van der Waals surface area contributed by atoms with E-state index in [0.717, 1.165) is 3.57 Å². The van der Waals surface area contributed by atoms with Gasteiger partial charge in [-0.2, -0.15) is 0 Å². The summed E-state index contributed by atoms with van der Waals surface area (Å²) in [5.41, 5.74) is 0.880. The van der Waals surface area contributed by atoms with Gasteiger partial charge in [0.05, 0.1) is 7.11 Å². The number of ether oxygens (including phenoxy) is 1. The smallest absolute Gasteiger partial charge is 0.129 e. The Bertz CT molecular complexity index is 557. The molecule has 2 aromatic rings. The Kier molecular flexibility index (Phi) is 4.19. The summed E-state index contributed by atoms with van der Waals surface area (Å²) >= 11 is 2.09. The molecule has 0 aromatic heterocycles. The highest BCUT2D eigenvalue weighted by atomic mass is 127. The number of halogens is 2. The lowest BCUT2D eigenvalue weighted by Crippen LogP contribution is -2.03. The van der Waals surface area contributed by atoms with Crippen molar-refractivity contribution in [3.8, 4) is 5.75 Å². The van der Waals surface area contributed by atoms with Crippen LogP contribution in [0.3, 0.4) is 0 Å². The topological polar surface area (TPSA) is 29.5 Å². The zero-order valence-electron chi connectivity index (χ0n) is 9.73. The molecule has 0 spiro atoms. The first kappa shape index (κ1) is 13.3. The third-order valence-corrected chi connectivity index (χ3v) is 3.33. The van der Waals surface area contributed by atoms with Crippen molar-refractivity contribution < 1.29 is 14.2 Å². The van der Waals surface area contributed by atoms with E-state index >= 15 is 0 Å². The van der Waals surface area contributed by atoms with Crippen LogP contribution in [-0.2, 0) is 0 Å². The lowest BCUT2D eigenvalue weighted by Gasteiger charge is -2.13. The largest absolute Gasteiger partial charge is 0.497 e. The van der Waals surface area contributed by atoms with Gasteiger partial charge in [0, 0.05) is 9.13 Å². The molecule has 94 valence electrons. The number of rotatable bonds is 3. The maximum atomic E-state index is 13.7. The van der Waals surface area contributed by atoms with E-state index in [1.807, 2.05) is 0 Å². The predicted molar refractivity (Wildman–Crippen MR) is 76.2 cm³/mol. The molecule has 0 amide bonds. The van der Waals surface area contributed by atoms with Crippen LogP contribution < -0.4 is 4.74 Å². The summed E-state index contributed by atoms with van der Waals surface area (Å²) < 4.78 is 19.7. The SMILES string of the molecule is COc1cccc(C(O)c2cc(I)ccc2F)c1. The molecule has 0 aliphatic heterocycles. The van der Waals surface area contributed by atoms with Gasteiger partial charge in [0.15, 0.2) is 0 Å². The molecule has 0 aliphatic rings. The molecular formula is C14H12FIO2. The van der Waals surface area contributed by atoms with Gasteiger partial charge in [-0.05, 0) is 58.5 Å². The maximum absolute atomic E-state index is 13.7. The van der Waals surface area contributed by atoms with Crippen LogP contribution in [0.2, 0.25) is 0 Å². The Morgan fingerprint density at radius 1 is 1.22 bits per heavy atom. The molecule has 1 atom stereocenters. The third kappa shape index (κ3) is 2.81. The molecule has 2 aromatic carbocycles. The lowest BCUT2D eigenvalue weighted by molar-refractivity contribution is 0.214. The second-order valence-corrected chi connectivity index (χ2v) is 5.09. The molecule has 0 aliphatic carbocycles. The molecular weight excluding hydrogens is 346 g/mol. The van der Waals surface area contributed by atoms with Gasteiger partial charge < -0.3 is 9.84 Å². The number of hydrogen-bond acceptors (Lipinski definition) is 2. The molecule has 18 heavy (non-hydrogen) atoms. The molecule has 1 unspecified atom stereocenters. The van der Waals surface area contributed by atoms with Gasteiger partial charge >= 0.3 is 0 Å². The van der Waals surface area contributed by atoms with Crippen LogP contribution in [0.25, 0.3) is 0 Å². The summed E-state index contributed by atoms with van der Waals surface area (Å²) in [6.07, 6.45) is -0.991. The number of hydrogen-bond donors (Lipinski definition) is 1. The van der Waals surface area contributed by atoms with E-state index in [9.17, 15) is 9.50 Å². The maximum Gasteiger partial charge on any atom is 0.129 e. The molecule has 2 nitrogen and oxygen atoms in total. The fraction of sp³-hybridized carbons (Fsp3) is 0.143. The second kappa shape index (κ2) is 5.67. The van der Waals surface area contributed by atoms with Crippen molar-refractivity contribution in [1.29, 1.82) is 0 Å². The summed E-state index contributed by atoms with van der Waals surface area (Å²) in [4.78, 5) is 0. The van der Waals surface area contributed by atoms with Crippen LogP contribution in [0.1, 0.15) is 17.2 Å². The Balaban J connectivity index is 2.40. The average molecular weight is 358 g/mol. The van der Waals surface area contributed by atoms with Crippen LogP contribution in [0.5, 0.6) is 5.75 Å². The lowest BCUT2D eigenvalue weighted by atomic mass is 10.0. The molecule has 0 saturated carbocycles. The minimum atomic E-state index is -0.991. The van der Waals surface area contributed by atoms with Crippen LogP contribution >= 0.6 is 22.6 Å². The van der Waals surface area contributed by atoms with Crippen LogP contribution in [0.4, 0.5) is 4.39 Å². The minimum Gasteiger partial charge on any atom is -0.497 e. The number of aliphatic hydroxyl groups excluding tert-OH is 1. The van der Waals surface area contributed by atoms with E-state index in [2.05, 4.69) is 22.6 Å². The zero-order valence-corrected chi connectivity index (χ0v) is 11.9. The standard InChI is InChI=1S/C14H12FIO2/c1-18-11-4-2-3-9(7-11)14(17)12-8-10(16)5-6-13(12)15/h2-8,14,17H,1H3. The van der Waals surface area contributed by atoms with Gasteiger partial charge in [0.2, 0.25) is 0 Å². The molecule has 1 N–H and O–H groups in total. The van der Waals surface area contributed by atoms with Crippen LogP contribution in [0, 0.1) is 9.39 Å². The Morgan fingerprint density at radius 3 is 2.72 bits per heavy atom. The summed E-state index contributed by atoms with van der Waals surface area (Å²) in [5.74, 6) is 0.225. The van der Waals surface area contributed by atoms with Gasteiger partial charge in [-0.3, -0.25) is 0 Å². The van der Waals surface area contributed by atoms with Crippen molar-refractivity contribution in [2.75, 3.05) is 7.11 Å². The van der Waals surface area contributed by atoms with Crippen LogP contribution in [-0.4, -0.2) is 12.2 Å². The van der Waals surface area contributed by atoms with E-state index in [1.165, 1.54) is 6.07 Å². The Hall–Kier alpha value is -1.14. The molecule has 0 bridgehead atoms. The first-order valence-electron chi connectivity index (χ1n) is 5.39. The Labute approximate surface area is 119 Å². The van der Waals surface area contributed by atoms with Crippen molar-refractivity contribution >= 4 is 22.6 Å². The highest BCUT2D eigenvalue weighted by Crippen LogP contribution is 2.27. The van der Waals surface area contributed by atoms with Crippen molar-refractivity contribution in [2.24, 2.45) is 0 Å². The molecule has 4 heteroatoms. The first-order chi connectivity index (χ1) is 8.61. The van der Waals surface area contributed by atoms with Gasteiger partial charge in [-0.25, -0.2) is 4.39 Å². The predicted octanol–water partition coefficient (Wildman–Crippen LogP) is 3.52. The van der Waals surface area contributed by atoms with Crippen molar-refractivity contribution in [2.45, 2.75) is 6.10 Å². The highest BCUT2D eigenvalue weighted by molar-refractivity contribution is 14.1. The molecule has 0 radical (unpaired) electrons. The van der Waals surface area contributed by atoms with Gasteiger partial charge in [-0.1, -0.05) is 12.1 Å². The van der Waals surface area contributed by atoms with Crippen molar-refractivity contribution in [1.82, 2.24) is 0 Å². The normalized spacial score (nSPS) is 12.2. The quantitative estimate of drug-likeness (QED) is 0.851. The number of methoxy groups -OCH3 is 1. The summed E-state index contributed by atoms with van der Waals surface area (Å²) in [7, 11) is 1.55. The summed E-state index contributed by atoms with van der Waals surface area (Å²) in [6.45, 7) is 0. The van der Waals surface area contributed by atoms with Crippen molar-refractivity contribution in [3.05, 3.63) is 63.0 Å². The molecule has 0 heterocycles. The molecule has 2 rings (SSSR count). The molecule has 0 fully saturated rings. The second-order valence-electron chi connectivity index (χ2n) is 3.84. The third-order valence-electron chi connectivity index (χ3n) is 2.66. The fourth-order valence-corrected chi connectivity index (χ4v) is 2.23. The summed E-state index contributed by atoms with van der Waals surface area (Å²) in [5, 5.41) is 10.2. The first-order valence-corrected chi connectivity index (χ1v) is 6.46. The van der Waals surface area contributed by atoms with Gasteiger partial charge in [0.25, 0.3) is 0 Å². The van der Waals surface area contributed by atoms with Gasteiger partial charge in [-0.15, -0.1) is 0 Å². The van der Waals surface area contributed by atoms with E-state index in [0.29, 0.717) is 11.3 Å². The summed E-state index contributed by atoms with van der Waals surface area (Å²) in [6, 6.07) is 11.7. The monoisotopic (exact) mass is 358 g/mol. The number of aliphatic hydroxyl groups is 1. The van der Waals surface area contributed by atoms with E-state index in [1.54, 1.807) is 43.5 Å². The average Bonchev–Trinajstić information content (AvgIpc) is 2.41. The van der Waals surface area contributed by atoms with E-state index < -0.39 is 11.9 Å². The fourth-order valence-electron chi connectivity index (χ4n) is 1.72. The molecule has 0 saturated heterocycles. The van der Waals surface area contributed by atoms with E-state index in [4.69, 9.17) is 4.74 Å².